The molecule has 0 aromatic heterocycles. The second kappa shape index (κ2) is 11.8. The number of nitrogens with one attached hydrogen (secondary N) is 3. The summed E-state index contributed by atoms with van der Waals surface area (Å²) in [5.41, 5.74) is 4.75. The molecule has 0 spiro atoms. The number of anilines is 2. The van der Waals surface area contributed by atoms with Crippen LogP contribution in [-0.2, 0) is 14.4 Å². The highest BCUT2D eigenvalue weighted by atomic mass is 35.5. The van der Waals surface area contributed by atoms with E-state index in [4.69, 9.17) is 27.9 Å². The van der Waals surface area contributed by atoms with Gasteiger partial charge in [0.15, 0.2) is 6.61 Å². The molecule has 3 rings (SSSR count). The first-order valence-electron chi connectivity index (χ1n) is 9.98. The van der Waals surface area contributed by atoms with Crippen LogP contribution in [0.1, 0.15) is 11.1 Å². The zero-order chi connectivity index (χ0) is 24.5. The van der Waals surface area contributed by atoms with Gasteiger partial charge < -0.3 is 15.4 Å². The predicted octanol–water partition coefficient (Wildman–Crippen LogP) is 4.41. The molecule has 0 fully saturated rings. The van der Waals surface area contributed by atoms with Crippen LogP contribution in [0, 0.1) is 6.92 Å². The predicted molar refractivity (Wildman–Crippen MR) is 133 cm³/mol. The first-order chi connectivity index (χ1) is 16.3. The van der Waals surface area contributed by atoms with Crippen LogP contribution < -0.4 is 20.8 Å². The molecule has 0 saturated heterocycles. The Labute approximate surface area is 205 Å². The molecular weight excluding hydrogens is 479 g/mol. The van der Waals surface area contributed by atoms with E-state index in [-0.39, 0.29) is 12.5 Å². The SMILES string of the molecule is Cc1cccc(NC(=O)C(=O)N/N=C\c2ccc(OCC(=O)Nc3cc(Cl)cc(Cl)c3)cc2)c1. The first kappa shape index (κ1) is 24.8. The number of aryl methyl sites for hydroxylation is 1. The quantitative estimate of drug-likeness (QED) is 0.254. The molecule has 0 radical (unpaired) electrons. The van der Waals surface area contributed by atoms with Crippen LogP contribution in [0.25, 0.3) is 0 Å². The molecule has 0 bridgehead atoms. The molecule has 3 N–H and O–H groups in total. The molecule has 0 aliphatic heterocycles. The molecule has 0 atom stereocenters. The average molecular weight is 499 g/mol. The Hall–Kier alpha value is -3.88. The number of carbonyl (C=O) groups excluding carboxylic acids is 3. The van der Waals surface area contributed by atoms with Gasteiger partial charge in [-0.25, -0.2) is 5.43 Å². The van der Waals surface area contributed by atoms with Crippen LogP contribution in [0.2, 0.25) is 10.0 Å². The monoisotopic (exact) mass is 498 g/mol. The standard InChI is InChI=1S/C24H20Cl2N4O4/c1-15-3-2-4-19(9-15)29-23(32)24(33)30-27-13-16-5-7-21(8-6-16)34-14-22(31)28-20-11-17(25)10-18(26)12-20/h2-13H,14H2,1H3,(H,28,31)(H,29,32)(H,30,33)/b27-13-. The van der Waals surface area contributed by atoms with E-state index in [0.29, 0.717) is 32.7 Å². The molecule has 174 valence electrons. The second-order valence-corrected chi connectivity index (χ2v) is 7.96. The fourth-order valence-corrected chi connectivity index (χ4v) is 3.28. The minimum atomic E-state index is -0.898. The molecule has 0 heterocycles. The van der Waals surface area contributed by atoms with Crippen LogP contribution in [0.15, 0.2) is 71.8 Å². The number of hydrogen-bond acceptors (Lipinski definition) is 5. The van der Waals surface area contributed by atoms with Gasteiger partial charge in [-0.2, -0.15) is 5.10 Å². The van der Waals surface area contributed by atoms with Crippen molar-refractivity contribution in [1.82, 2.24) is 5.43 Å². The topological polar surface area (TPSA) is 109 Å². The van der Waals surface area contributed by atoms with Gasteiger partial charge in [0.2, 0.25) is 0 Å². The summed E-state index contributed by atoms with van der Waals surface area (Å²) in [4.78, 5) is 35.9. The zero-order valence-electron chi connectivity index (χ0n) is 18.0. The number of hydrazone groups is 1. The number of rotatable bonds is 7. The highest BCUT2D eigenvalue weighted by Gasteiger charge is 2.12. The molecule has 3 aromatic rings. The number of halogens is 2. The van der Waals surface area contributed by atoms with Crippen molar-refractivity contribution in [2.45, 2.75) is 6.92 Å². The van der Waals surface area contributed by atoms with Crippen molar-refractivity contribution in [3.8, 4) is 5.75 Å². The largest absolute Gasteiger partial charge is 0.484 e. The normalized spacial score (nSPS) is 10.6. The summed E-state index contributed by atoms with van der Waals surface area (Å²) in [6.45, 7) is 1.66. The maximum atomic E-state index is 12.1. The Morgan fingerprint density at radius 2 is 1.59 bits per heavy atom. The highest BCUT2D eigenvalue weighted by molar-refractivity contribution is 6.39. The number of nitrogens with zero attached hydrogens (tertiary/aromatic N) is 1. The third-order valence-electron chi connectivity index (χ3n) is 4.26. The van der Waals surface area contributed by atoms with E-state index < -0.39 is 11.8 Å². The summed E-state index contributed by atoms with van der Waals surface area (Å²) in [7, 11) is 0. The van der Waals surface area contributed by atoms with Crippen LogP contribution in [-0.4, -0.2) is 30.5 Å². The third-order valence-corrected chi connectivity index (χ3v) is 4.69. The number of hydrogen-bond donors (Lipinski definition) is 3. The number of amides is 3. The summed E-state index contributed by atoms with van der Waals surface area (Å²) in [6.07, 6.45) is 1.37. The molecular formula is C24H20Cl2N4O4. The van der Waals surface area contributed by atoms with Gasteiger partial charge in [0.05, 0.1) is 6.21 Å². The summed E-state index contributed by atoms with van der Waals surface area (Å²) in [6, 6.07) is 18.4. The van der Waals surface area contributed by atoms with Gasteiger partial charge in [0.25, 0.3) is 5.91 Å². The summed E-state index contributed by atoms with van der Waals surface area (Å²) >= 11 is 11.8. The van der Waals surface area contributed by atoms with E-state index in [1.807, 2.05) is 13.0 Å². The minimum Gasteiger partial charge on any atom is -0.484 e. The molecule has 34 heavy (non-hydrogen) atoms. The van der Waals surface area contributed by atoms with Crippen LogP contribution >= 0.6 is 23.2 Å². The van der Waals surface area contributed by atoms with Gasteiger partial charge in [-0.3, -0.25) is 14.4 Å². The fraction of sp³-hybridized carbons (Fsp3) is 0.0833. The Morgan fingerprint density at radius 1 is 0.882 bits per heavy atom. The highest BCUT2D eigenvalue weighted by Crippen LogP contribution is 2.22. The van der Waals surface area contributed by atoms with Crippen molar-refractivity contribution in [1.29, 1.82) is 0 Å². The molecule has 10 heteroatoms. The lowest BCUT2D eigenvalue weighted by Gasteiger charge is -2.08. The van der Waals surface area contributed by atoms with E-state index in [1.54, 1.807) is 60.7 Å². The average Bonchev–Trinajstić information content (AvgIpc) is 2.78. The Morgan fingerprint density at radius 3 is 2.26 bits per heavy atom. The lowest BCUT2D eigenvalue weighted by Crippen LogP contribution is -2.32. The van der Waals surface area contributed by atoms with E-state index in [2.05, 4.69) is 21.2 Å². The molecule has 3 aromatic carbocycles. The van der Waals surface area contributed by atoms with Crippen molar-refractivity contribution in [3.05, 3.63) is 87.9 Å². The van der Waals surface area contributed by atoms with Gasteiger partial charge in [-0.05, 0) is 72.6 Å². The number of ether oxygens (including phenoxy) is 1. The van der Waals surface area contributed by atoms with Crippen molar-refractivity contribution in [2.24, 2.45) is 5.10 Å². The van der Waals surface area contributed by atoms with Gasteiger partial charge >= 0.3 is 11.8 Å². The van der Waals surface area contributed by atoms with Gasteiger partial charge in [0.1, 0.15) is 5.75 Å². The zero-order valence-corrected chi connectivity index (χ0v) is 19.5. The van der Waals surface area contributed by atoms with E-state index in [0.717, 1.165) is 5.56 Å². The number of benzene rings is 3. The first-order valence-corrected chi connectivity index (χ1v) is 10.7. The van der Waals surface area contributed by atoms with Gasteiger partial charge in [-0.15, -0.1) is 0 Å². The fourth-order valence-electron chi connectivity index (χ4n) is 2.75. The van der Waals surface area contributed by atoms with Crippen molar-refractivity contribution in [3.63, 3.8) is 0 Å². The minimum absolute atomic E-state index is 0.219. The maximum Gasteiger partial charge on any atom is 0.329 e. The Balaban J connectivity index is 1.44. The third kappa shape index (κ3) is 7.91. The smallest absolute Gasteiger partial charge is 0.329 e. The lowest BCUT2D eigenvalue weighted by atomic mass is 10.2. The lowest BCUT2D eigenvalue weighted by molar-refractivity contribution is -0.136. The molecule has 0 unspecified atom stereocenters. The van der Waals surface area contributed by atoms with Crippen molar-refractivity contribution < 1.29 is 19.1 Å². The van der Waals surface area contributed by atoms with E-state index in [1.165, 1.54) is 6.21 Å². The van der Waals surface area contributed by atoms with Crippen molar-refractivity contribution >= 4 is 58.5 Å². The molecule has 3 amide bonds. The Bertz CT molecular complexity index is 1210. The molecule has 8 nitrogen and oxygen atoms in total. The molecule has 0 saturated carbocycles. The van der Waals surface area contributed by atoms with Crippen LogP contribution in [0.4, 0.5) is 11.4 Å². The van der Waals surface area contributed by atoms with Crippen LogP contribution in [0.3, 0.4) is 0 Å². The summed E-state index contributed by atoms with van der Waals surface area (Å²) in [5.74, 6) is -1.65. The molecule has 0 aliphatic rings. The molecule has 0 aliphatic carbocycles. The Kier molecular flexibility index (Phi) is 8.61. The van der Waals surface area contributed by atoms with Gasteiger partial charge in [0, 0.05) is 21.4 Å². The van der Waals surface area contributed by atoms with Gasteiger partial charge in [-0.1, -0.05) is 35.3 Å². The van der Waals surface area contributed by atoms with Crippen molar-refractivity contribution in [2.75, 3.05) is 17.2 Å². The summed E-state index contributed by atoms with van der Waals surface area (Å²) < 4.78 is 5.45. The maximum absolute atomic E-state index is 12.1. The summed E-state index contributed by atoms with van der Waals surface area (Å²) in [5, 5.41) is 9.73. The number of carbonyl (C=O) groups is 3. The van der Waals surface area contributed by atoms with Crippen LogP contribution in [0.5, 0.6) is 5.75 Å². The second-order valence-electron chi connectivity index (χ2n) is 7.09. The van der Waals surface area contributed by atoms with E-state index >= 15 is 0 Å². The van der Waals surface area contributed by atoms with E-state index in [9.17, 15) is 14.4 Å².